The maximum absolute atomic E-state index is 11.5. The molecular weight excluding hydrogens is 190 g/mol. The van der Waals surface area contributed by atoms with Crippen molar-refractivity contribution in [3.8, 4) is 0 Å². The fourth-order valence-electron chi connectivity index (χ4n) is 1.65. The molecule has 1 atom stereocenters. The van der Waals surface area contributed by atoms with E-state index in [0.29, 0.717) is 5.56 Å². The number of fused-ring (bicyclic) bond motifs is 1. The standard InChI is InChI=1S/C12H13NO2/c1-7-3-4-11-9(5-7)6-10(8(2)14)12(15)13-11/h3-6,8,14H,1-2H3,(H,13,15). The molecular formula is C12H13NO2. The summed E-state index contributed by atoms with van der Waals surface area (Å²) in [4.78, 5) is 14.3. The number of H-pyrrole nitrogens is 1. The third-order valence-corrected chi connectivity index (χ3v) is 2.48. The molecule has 0 amide bonds. The Balaban J connectivity index is 2.77. The molecule has 3 nitrogen and oxygen atoms in total. The van der Waals surface area contributed by atoms with Crippen LogP contribution >= 0.6 is 0 Å². The summed E-state index contributed by atoms with van der Waals surface area (Å²) < 4.78 is 0. The molecule has 1 heterocycles. The van der Waals surface area contributed by atoms with Crippen molar-refractivity contribution in [3.05, 3.63) is 45.7 Å². The zero-order valence-electron chi connectivity index (χ0n) is 8.74. The van der Waals surface area contributed by atoms with Gasteiger partial charge in [0.05, 0.1) is 6.10 Å². The van der Waals surface area contributed by atoms with E-state index in [9.17, 15) is 9.90 Å². The molecule has 0 aliphatic carbocycles. The maximum Gasteiger partial charge on any atom is 0.254 e. The van der Waals surface area contributed by atoms with Crippen LogP contribution in [-0.2, 0) is 0 Å². The van der Waals surface area contributed by atoms with Crippen LogP contribution in [0.2, 0.25) is 0 Å². The molecule has 0 saturated heterocycles. The smallest absolute Gasteiger partial charge is 0.254 e. The van der Waals surface area contributed by atoms with Crippen LogP contribution in [0.5, 0.6) is 0 Å². The largest absolute Gasteiger partial charge is 0.388 e. The number of hydrogen-bond acceptors (Lipinski definition) is 2. The topological polar surface area (TPSA) is 53.1 Å². The van der Waals surface area contributed by atoms with Gasteiger partial charge in [0.15, 0.2) is 0 Å². The number of aromatic amines is 1. The van der Waals surface area contributed by atoms with Gasteiger partial charge < -0.3 is 10.1 Å². The van der Waals surface area contributed by atoms with Gasteiger partial charge in [-0.05, 0) is 37.4 Å². The molecule has 0 saturated carbocycles. The first kappa shape index (κ1) is 9.93. The van der Waals surface area contributed by atoms with E-state index in [1.54, 1.807) is 13.0 Å². The third-order valence-electron chi connectivity index (χ3n) is 2.48. The second-order valence-electron chi connectivity index (χ2n) is 3.82. The number of pyridine rings is 1. The zero-order chi connectivity index (χ0) is 11.0. The molecule has 2 rings (SSSR count). The Morgan fingerprint density at radius 3 is 2.73 bits per heavy atom. The summed E-state index contributed by atoms with van der Waals surface area (Å²) in [5.74, 6) is 0. The third kappa shape index (κ3) is 1.78. The first-order valence-corrected chi connectivity index (χ1v) is 4.89. The van der Waals surface area contributed by atoms with Gasteiger partial charge in [-0.15, -0.1) is 0 Å². The minimum absolute atomic E-state index is 0.221. The number of hydrogen-bond donors (Lipinski definition) is 2. The first-order valence-electron chi connectivity index (χ1n) is 4.89. The fourth-order valence-corrected chi connectivity index (χ4v) is 1.65. The molecule has 3 heteroatoms. The Morgan fingerprint density at radius 2 is 2.07 bits per heavy atom. The lowest BCUT2D eigenvalue weighted by molar-refractivity contribution is 0.198. The zero-order valence-corrected chi connectivity index (χ0v) is 8.74. The number of benzene rings is 1. The van der Waals surface area contributed by atoms with Crippen LogP contribution in [0.1, 0.15) is 24.2 Å². The van der Waals surface area contributed by atoms with Crippen molar-refractivity contribution in [1.29, 1.82) is 0 Å². The average molecular weight is 203 g/mol. The lowest BCUT2D eigenvalue weighted by Crippen LogP contribution is -2.14. The maximum atomic E-state index is 11.5. The number of aliphatic hydroxyl groups is 1. The van der Waals surface area contributed by atoms with Crippen molar-refractivity contribution < 1.29 is 5.11 Å². The Hall–Kier alpha value is -1.61. The summed E-state index contributed by atoms with van der Waals surface area (Å²) in [6, 6.07) is 7.54. The SMILES string of the molecule is Cc1ccc2[nH]c(=O)c(C(C)O)cc2c1. The highest BCUT2D eigenvalue weighted by Gasteiger charge is 2.07. The van der Waals surface area contributed by atoms with Gasteiger partial charge in [0.25, 0.3) is 5.56 Å². The first-order chi connectivity index (χ1) is 7.08. The van der Waals surface area contributed by atoms with E-state index in [-0.39, 0.29) is 5.56 Å². The van der Waals surface area contributed by atoms with E-state index in [4.69, 9.17) is 0 Å². The average Bonchev–Trinajstić information content (AvgIpc) is 2.17. The number of rotatable bonds is 1. The second kappa shape index (κ2) is 3.51. The van der Waals surface area contributed by atoms with Crippen molar-refractivity contribution >= 4 is 10.9 Å². The Kier molecular flexibility index (Phi) is 2.32. The Bertz CT molecular complexity index is 555. The predicted octanol–water partition coefficient (Wildman–Crippen LogP) is 1.89. The number of aryl methyl sites for hydroxylation is 1. The highest BCUT2D eigenvalue weighted by atomic mass is 16.3. The van der Waals surface area contributed by atoms with Gasteiger partial charge >= 0.3 is 0 Å². The monoisotopic (exact) mass is 203 g/mol. The molecule has 1 aromatic carbocycles. The molecule has 78 valence electrons. The Morgan fingerprint density at radius 1 is 1.33 bits per heavy atom. The summed E-state index contributed by atoms with van der Waals surface area (Å²) >= 11 is 0. The van der Waals surface area contributed by atoms with Gasteiger partial charge in [-0.25, -0.2) is 0 Å². The molecule has 0 aliphatic rings. The van der Waals surface area contributed by atoms with Crippen molar-refractivity contribution in [1.82, 2.24) is 4.98 Å². The molecule has 1 unspecified atom stereocenters. The molecule has 0 bridgehead atoms. The molecule has 0 spiro atoms. The van der Waals surface area contributed by atoms with E-state index in [0.717, 1.165) is 16.5 Å². The fraction of sp³-hybridized carbons (Fsp3) is 0.250. The van der Waals surface area contributed by atoms with Crippen LogP contribution in [0.15, 0.2) is 29.1 Å². The molecule has 1 aromatic heterocycles. The van der Waals surface area contributed by atoms with E-state index < -0.39 is 6.10 Å². The lowest BCUT2D eigenvalue weighted by Gasteiger charge is -2.05. The van der Waals surface area contributed by atoms with Crippen molar-refractivity contribution in [2.45, 2.75) is 20.0 Å². The summed E-state index contributed by atoms with van der Waals surface area (Å²) in [7, 11) is 0. The highest BCUT2D eigenvalue weighted by Crippen LogP contribution is 2.16. The van der Waals surface area contributed by atoms with Crippen molar-refractivity contribution in [2.24, 2.45) is 0 Å². The quantitative estimate of drug-likeness (QED) is 0.743. The van der Waals surface area contributed by atoms with Gasteiger partial charge in [-0.2, -0.15) is 0 Å². The summed E-state index contributed by atoms with van der Waals surface area (Å²) in [5.41, 5.74) is 2.12. The van der Waals surface area contributed by atoms with Gasteiger partial charge in [0, 0.05) is 11.1 Å². The van der Waals surface area contributed by atoms with Crippen molar-refractivity contribution in [2.75, 3.05) is 0 Å². The number of nitrogens with one attached hydrogen (secondary N) is 1. The van der Waals surface area contributed by atoms with Gasteiger partial charge in [-0.3, -0.25) is 4.79 Å². The summed E-state index contributed by atoms with van der Waals surface area (Å²) in [5, 5.41) is 10.4. The predicted molar refractivity (Wildman–Crippen MR) is 59.9 cm³/mol. The van der Waals surface area contributed by atoms with Crippen LogP contribution in [0, 0.1) is 6.92 Å². The molecule has 15 heavy (non-hydrogen) atoms. The van der Waals surface area contributed by atoms with Gasteiger partial charge in [0.1, 0.15) is 0 Å². The van der Waals surface area contributed by atoms with Crippen LogP contribution < -0.4 is 5.56 Å². The van der Waals surface area contributed by atoms with Crippen LogP contribution in [-0.4, -0.2) is 10.1 Å². The number of aromatic nitrogens is 1. The Labute approximate surface area is 87.4 Å². The second-order valence-corrected chi connectivity index (χ2v) is 3.82. The minimum Gasteiger partial charge on any atom is -0.388 e. The molecule has 0 fully saturated rings. The molecule has 0 radical (unpaired) electrons. The van der Waals surface area contributed by atoms with Crippen LogP contribution in [0.4, 0.5) is 0 Å². The molecule has 2 N–H and O–H groups in total. The molecule has 2 aromatic rings. The van der Waals surface area contributed by atoms with Crippen molar-refractivity contribution in [3.63, 3.8) is 0 Å². The van der Waals surface area contributed by atoms with Crippen LogP contribution in [0.25, 0.3) is 10.9 Å². The van der Waals surface area contributed by atoms with E-state index in [2.05, 4.69) is 4.98 Å². The highest BCUT2D eigenvalue weighted by molar-refractivity contribution is 5.79. The lowest BCUT2D eigenvalue weighted by atomic mass is 10.1. The normalized spacial score (nSPS) is 13.0. The van der Waals surface area contributed by atoms with E-state index in [1.807, 2.05) is 25.1 Å². The summed E-state index contributed by atoms with van der Waals surface area (Å²) in [6.07, 6.45) is -0.737. The summed E-state index contributed by atoms with van der Waals surface area (Å²) in [6.45, 7) is 3.58. The van der Waals surface area contributed by atoms with E-state index in [1.165, 1.54) is 0 Å². The van der Waals surface area contributed by atoms with Crippen LogP contribution in [0.3, 0.4) is 0 Å². The number of aliphatic hydroxyl groups excluding tert-OH is 1. The van der Waals surface area contributed by atoms with E-state index >= 15 is 0 Å². The molecule has 0 aliphatic heterocycles. The van der Waals surface area contributed by atoms with Gasteiger partial charge in [0.2, 0.25) is 0 Å². The minimum atomic E-state index is -0.737. The van der Waals surface area contributed by atoms with Gasteiger partial charge in [-0.1, -0.05) is 11.6 Å².